The van der Waals surface area contributed by atoms with Gasteiger partial charge in [0.2, 0.25) is 0 Å². The molecule has 4 heteroatoms. The molecule has 0 radical (unpaired) electrons. The van der Waals surface area contributed by atoms with E-state index in [9.17, 15) is 0 Å². The molecule has 1 aromatic rings. The van der Waals surface area contributed by atoms with Crippen LogP contribution >= 0.6 is 11.6 Å². The van der Waals surface area contributed by atoms with Gasteiger partial charge in [-0.05, 0) is 11.1 Å². The predicted octanol–water partition coefficient (Wildman–Crippen LogP) is 3.28. The van der Waals surface area contributed by atoms with Gasteiger partial charge in [0, 0.05) is 11.5 Å². The van der Waals surface area contributed by atoms with Crippen molar-refractivity contribution in [1.82, 2.24) is 0 Å². The summed E-state index contributed by atoms with van der Waals surface area (Å²) in [5, 5.41) is 3.18. The fraction of sp³-hybridized carbons (Fsp3) is 0.250. The Balaban J connectivity index is 2.65. The average molecular weight is 182 g/mol. The van der Waals surface area contributed by atoms with Gasteiger partial charge >= 0.3 is 0 Å². The van der Waals surface area contributed by atoms with Crippen LogP contribution in [0.15, 0.2) is 35.4 Å². The van der Waals surface area contributed by atoms with E-state index in [1.165, 1.54) is 0 Å². The molecule has 0 amide bonds. The summed E-state index contributed by atoms with van der Waals surface area (Å²) in [6.45, 7) is 0.294. The van der Waals surface area contributed by atoms with Crippen LogP contribution in [-0.4, -0.2) is 6.54 Å². The molecule has 0 fully saturated rings. The molecule has 1 aromatic carbocycles. The Bertz CT molecular complexity index is 280. The molecule has 0 bridgehead atoms. The number of halogens is 1. The smallest absolute Gasteiger partial charge is 0.0641 e. The van der Waals surface area contributed by atoms with E-state index in [4.69, 9.17) is 17.1 Å². The molecule has 12 heavy (non-hydrogen) atoms. The standard InChI is InChI=1S/C8H8ClN3/c9-8(6-11-12-10)7-4-2-1-3-5-7/h1-5,8H,6H2. The monoisotopic (exact) mass is 181 g/mol. The topological polar surface area (TPSA) is 48.8 Å². The van der Waals surface area contributed by atoms with E-state index in [0.717, 1.165) is 5.56 Å². The Hall–Kier alpha value is -1.18. The molecule has 0 aliphatic carbocycles. The molecular formula is C8H8ClN3. The summed E-state index contributed by atoms with van der Waals surface area (Å²) in [6, 6.07) is 9.54. The zero-order valence-electron chi connectivity index (χ0n) is 6.39. The van der Waals surface area contributed by atoms with Crippen LogP contribution in [0.4, 0.5) is 0 Å². The fourth-order valence-electron chi connectivity index (χ4n) is 0.875. The lowest BCUT2D eigenvalue weighted by molar-refractivity contribution is 0.920. The van der Waals surface area contributed by atoms with Crippen molar-refractivity contribution in [2.24, 2.45) is 5.11 Å². The Kier molecular flexibility index (Phi) is 3.45. The van der Waals surface area contributed by atoms with Crippen LogP contribution in [0.3, 0.4) is 0 Å². The quantitative estimate of drug-likeness (QED) is 0.297. The molecule has 1 rings (SSSR count). The Morgan fingerprint density at radius 3 is 2.67 bits per heavy atom. The van der Waals surface area contributed by atoms with Gasteiger partial charge < -0.3 is 0 Å². The number of hydrogen-bond donors (Lipinski definition) is 0. The third kappa shape index (κ3) is 2.46. The maximum Gasteiger partial charge on any atom is 0.0641 e. The van der Waals surface area contributed by atoms with Gasteiger partial charge in [-0.2, -0.15) is 0 Å². The molecule has 3 nitrogen and oxygen atoms in total. The molecular weight excluding hydrogens is 174 g/mol. The van der Waals surface area contributed by atoms with Gasteiger partial charge in [0.25, 0.3) is 0 Å². The number of benzene rings is 1. The molecule has 0 heterocycles. The lowest BCUT2D eigenvalue weighted by Gasteiger charge is -2.04. The van der Waals surface area contributed by atoms with Crippen LogP contribution in [0.2, 0.25) is 0 Å². The molecule has 1 unspecified atom stereocenters. The van der Waals surface area contributed by atoms with Gasteiger partial charge in [-0.25, -0.2) is 0 Å². The van der Waals surface area contributed by atoms with Gasteiger partial charge in [-0.15, -0.1) is 11.6 Å². The zero-order chi connectivity index (χ0) is 8.81. The second kappa shape index (κ2) is 4.65. The third-order valence-electron chi connectivity index (χ3n) is 1.47. The van der Waals surface area contributed by atoms with E-state index >= 15 is 0 Å². The van der Waals surface area contributed by atoms with Crippen molar-refractivity contribution in [3.63, 3.8) is 0 Å². The zero-order valence-corrected chi connectivity index (χ0v) is 7.15. The number of azide groups is 1. The van der Waals surface area contributed by atoms with Crippen molar-refractivity contribution in [2.45, 2.75) is 5.38 Å². The first-order valence-electron chi connectivity index (χ1n) is 3.54. The first kappa shape index (κ1) is 8.91. The van der Waals surface area contributed by atoms with Crippen molar-refractivity contribution in [3.8, 4) is 0 Å². The first-order valence-corrected chi connectivity index (χ1v) is 3.98. The summed E-state index contributed by atoms with van der Waals surface area (Å²) in [5.41, 5.74) is 9.04. The summed E-state index contributed by atoms with van der Waals surface area (Å²) >= 11 is 5.92. The molecule has 0 spiro atoms. The van der Waals surface area contributed by atoms with E-state index < -0.39 is 0 Å². The van der Waals surface area contributed by atoms with Crippen LogP contribution in [0.1, 0.15) is 10.9 Å². The average Bonchev–Trinajstić information content (AvgIpc) is 2.15. The Morgan fingerprint density at radius 1 is 1.42 bits per heavy atom. The number of rotatable bonds is 3. The van der Waals surface area contributed by atoms with Crippen LogP contribution in [-0.2, 0) is 0 Å². The molecule has 0 aliphatic rings. The third-order valence-corrected chi connectivity index (χ3v) is 1.86. The van der Waals surface area contributed by atoms with E-state index in [1.807, 2.05) is 30.3 Å². The highest BCUT2D eigenvalue weighted by molar-refractivity contribution is 6.21. The molecule has 1 atom stereocenters. The van der Waals surface area contributed by atoms with Gasteiger partial charge in [0.15, 0.2) is 0 Å². The minimum Gasteiger partial charge on any atom is -0.118 e. The fourth-order valence-corrected chi connectivity index (χ4v) is 1.08. The summed E-state index contributed by atoms with van der Waals surface area (Å²) in [4.78, 5) is 2.64. The summed E-state index contributed by atoms with van der Waals surface area (Å²) < 4.78 is 0. The second-order valence-corrected chi connectivity index (χ2v) is 2.82. The minimum absolute atomic E-state index is 0.220. The van der Waals surface area contributed by atoms with Crippen molar-refractivity contribution < 1.29 is 0 Å². The van der Waals surface area contributed by atoms with Crippen LogP contribution in [0.25, 0.3) is 10.4 Å². The summed E-state index contributed by atoms with van der Waals surface area (Å²) in [5.74, 6) is 0. The SMILES string of the molecule is [N-]=[N+]=NCC(Cl)c1ccccc1. The van der Waals surface area contributed by atoms with Gasteiger partial charge in [-0.3, -0.25) is 0 Å². The molecule has 0 aliphatic heterocycles. The van der Waals surface area contributed by atoms with Gasteiger partial charge in [0.05, 0.1) is 5.38 Å². The molecule has 0 N–H and O–H groups in total. The van der Waals surface area contributed by atoms with E-state index in [2.05, 4.69) is 10.0 Å². The first-order chi connectivity index (χ1) is 5.84. The molecule has 0 aromatic heterocycles. The van der Waals surface area contributed by atoms with E-state index in [1.54, 1.807) is 0 Å². The van der Waals surface area contributed by atoms with Crippen LogP contribution in [0, 0.1) is 0 Å². The maximum absolute atomic E-state index is 8.06. The lowest BCUT2D eigenvalue weighted by atomic mass is 10.1. The highest BCUT2D eigenvalue weighted by Crippen LogP contribution is 2.19. The largest absolute Gasteiger partial charge is 0.118 e. The Labute approximate surface area is 75.6 Å². The molecule has 62 valence electrons. The second-order valence-electron chi connectivity index (χ2n) is 2.29. The van der Waals surface area contributed by atoms with Crippen molar-refractivity contribution in [3.05, 3.63) is 46.3 Å². The van der Waals surface area contributed by atoms with Crippen molar-refractivity contribution in [2.75, 3.05) is 6.54 Å². The summed E-state index contributed by atoms with van der Waals surface area (Å²) in [7, 11) is 0. The summed E-state index contributed by atoms with van der Waals surface area (Å²) in [6.07, 6.45) is 0. The van der Waals surface area contributed by atoms with Crippen LogP contribution in [0.5, 0.6) is 0 Å². The highest BCUT2D eigenvalue weighted by Gasteiger charge is 2.03. The molecule has 0 saturated carbocycles. The molecule has 0 saturated heterocycles. The number of nitrogens with zero attached hydrogens (tertiary/aromatic N) is 3. The minimum atomic E-state index is -0.220. The van der Waals surface area contributed by atoms with Gasteiger partial charge in [-0.1, -0.05) is 35.4 Å². The predicted molar refractivity (Wildman–Crippen MR) is 49.0 cm³/mol. The normalized spacial score (nSPS) is 11.8. The number of alkyl halides is 1. The maximum atomic E-state index is 8.06. The lowest BCUT2D eigenvalue weighted by Crippen LogP contribution is -1.92. The van der Waals surface area contributed by atoms with E-state index in [0.29, 0.717) is 6.54 Å². The van der Waals surface area contributed by atoms with Crippen molar-refractivity contribution in [1.29, 1.82) is 0 Å². The van der Waals surface area contributed by atoms with E-state index in [-0.39, 0.29) is 5.38 Å². The Morgan fingerprint density at radius 2 is 2.08 bits per heavy atom. The number of hydrogen-bond acceptors (Lipinski definition) is 1. The van der Waals surface area contributed by atoms with Crippen LogP contribution < -0.4 is 0 Å². The van der Waals surface area contributed by atoms with Crippen molar-refractivity contribution >= 4 is 11.6 Å². The van der Waals surface area contributed by atoms with Gasteiger partial charge in [0.1, 0.15) is 0 Å². The highest BCUT2D eigenvalue weighted by atomic mass is 35.5.